The number of hydrogen-bond donors (Lipinski definition) is 4. The Morgan fingerprint density at radius 3 is 2.44 bits per heavy atom. The van der Waals surface area contributed by atoms with E-state index in [2.05, 4.69) is 10.00 Å². The van der Waals surface area contributed by atoms with Gasteiger partial charge in [-0.3, -0.25) is 4.68 Å². The number of piperidine rings is 1. The summed E-state index contributed by atoms with van der Waals surface area (Å²) in [6, 6.07) is 4.69. The molecule has 7 N–H and O–H groups in total. The van der Waals surface area contributed by atoms with E-state index in [1.54, 1.807) is 12.3 Å². The molecular weight excluding hydrogens is 407 g/mol. The first kappa shape index (κ1) is 22.2. The van der Waals surface area contributed by atoms with Crippen molar-refractivity contribution in [2.45, 2.75) is 57.0 Å². The van der Waals surface area contributed by atoms with Gasteiger partial charge in [-0.05, 0) is 50.0 Å². The zero-order chi connectivity index (χ0) is 22.7. The molecule has 2 heterocycles. The summed E-state index contributed by atoms with van der Waals surface area (Å²) in [5, 5.41) is 14.6. The van der Waals surface area contributed by atoms with E-state index < -0.39 is 5.82 Å². The first-order valence-electron chi connectivity index (χ1n) is 11.4. The van der Waals surface area contributed by atoms with Gasteiger partial charge in [-0.25, -0.2) is 4.39 Å². The van der Waals surface area contributed by atoms with Crippen molar-refractivity contribution < 1.29 is 9.50 Å². The molecule has 0 unspecified atom stereocenters. The fourth-order valence-corrected chi connectivity index (χ4v) is 4.94. The van der Waals surface area contributed by atoms with Crippen LogP contribution < -0.4 is 17.2 Å². The van der Waals surface area contributed by atoms with Gasteiger partial charge in [-0.1, -0.05) is 19.3 Å². The van der Waals surface area contributed by atoms with Crippen LogP contribution in [0.1, 0.15) is 62.1 Å². The summed E-state index contributed by atoms with van der Waals surface area (Å²) in [5.74, 6) is -0.529. The topological polar surface area (TPSA) is 119 Å². The number of phenols is 1. The third kappa shape index (κ3) is 4.91. The van der Waals surface area contributed by atoms with E-state index in [9.17, 15) is 9.50 Å². The first-order valence-corrected chi connectivity index (χ1v) is 11.4. The molecule has 0 bridgehead atoms. The molecule has 0 radical (unpaired) electrons. The van der Waals surface area contributed by atoms with Gasteiger partial charge in [-0.15, -0.1) is 0 Å². The van der Waals surface area contributed by atoms with Crippen LogP contribution in [0.2, 0.25) is 0 Å². The Labute approximate surface area is 188 Å². The van der Waals surface area contributed by atoms with Crippen molar-refractivity contribution in [3.05, 3.63) is 59.4 Å². The highest BCUT2D eigenvalue weighted by molar-refractivity contribution is 5.84. The minimum absolute atomic E-state index is 0.0792. The van der Waals surface area contributed by atoms with Crippen LogP contribution in [0.4, 0.5) is 4.39 Å². The molecule has 2 fully saturated rings. The highest BCUT2D eigenvalue weighted by atomic mass is 19.1. The minimum Gasteiger partial charge on any atom is -0.507 e. The molecule has 0 spiro atoms. The Morgan fingerprint density at radius 1 is 1.03 bits per heavy atom. The Morgan fingerprint density at radius 2 is 1.75 bits per heavy atom. The van der Waals surface area contributed by atoms with Crippen LogP contribution in [0.25, 0.3) is 11.3 Å². The molecule has 0 amide bonds. The van der Waals surface area contributed by atoms with Crippen molar-refractivity contribution in [1.29, 1.82) is 0 Å². The Balaban J connectivity index is 1.47. The lowest BCUT2D eigenvalue weighted by molar-refractivity contribution is 0.106. The SMILES string of the molecule is NC(N)=C(/C=C(\N)c1cc(F)ccc1O)c1cnn(C2CCN(C3CCCCC3)CC2)c1. The molecule has 1 aliphatic carbocycles. The highest BCUT2D eigenvalue weighted by Gasteiger charge is 2.27. The second kappa shape index (κ2) is 9.65. The molecule has 2 aromatic rings. The maximum absolute atomic E-state index is 13.6. The predicted octanol–water partition coefficient (Wildman–Crippen LogP) is 3.28. The van der Waals surface area contributed by atoms with Gasteiger partial charge in [0.25, 0.3) is 0 Å². The second-order valence-corrected chi connectivity index (χ2v) is 8.90. The molecule has 1 aromatic carbocycles. The zero-order valence-electron chi connectivity index (χ0n) is 18.4. The van der Waals surface area contributed by atoms with Crippen LogP contribution in [-0.4, -0.2) is 38.9 Å². The predicted molar refractivity (Wildman–Crippen MR) is 124 cm³/mol. The van der Waals surface area contributed by atoms with E-state index >= 15 is 0 Å². The third-order valence-corrected chi connectivity index (χ3v) is 6.76. The van der Waals surface area contributed by atoms with E-state index in [1.807, 2.05) is 10.9 Å². The zero-order valence-corrected chi connectivity index (χ0v) is 18.4. The van der Waals surface area contributed by atoms with Crippen LogP contribution in [0.5, 0.6) is 5.75 Å². The lowest BCUT2D eigenvalue weighted by Crippen LogP contribution is -2.42. The molecule has 8 heteroatoms. The molecule has 7 nitrogen and oxygen atoms in total. The Hall–Kier alpha value is -3.00. The monoisotopic (exact) mass is 440 g/mol. The van der Waals surface area contributed by atoms with E-state index in [0.717, 1.165) is 37.5 Å². The molecule has 1 saturated heterocycles. The normalized spacial score (nSPS) is 19.2. The number of likely N-dealkylation sites (tertiary alicyclic amines) is 1. The van der Waals surface area contributed by atoms with Crippen molar-refractivity contribution in [2.24, 2.45) is 17.2 Å². The number of hydrogen-bond acceptors (Lipinski definition) is 6. The van der Waals surface area contributed by atoms with Crippen LogP contribution in [0, 0.1) is 5.82 Å². The summed E-state index contributed by atoms with van der Waals surface area (Å²) in [6.45, 7) is 2.19. The molecule has 172 valence electrons. The van der Waals surface area contributed by atoms with E-state index in [4.69, 9.17) is 17.2 Å². The second-order valence-electron chi connectivity index (χ2n) is 8.90. The average molecular weight is 441 g/mol. The van der Waals surface area contributed by atoms with Crippen molar-refractivity contribution in [3.63, 3.8) is 0 Å². The fraction of sp³-hybridized carbons (Fsp3) is 0.458. The molecule has 32 heavy (non-hydrogen) atoms. The van der Waals surface area contributed by atoms with Gasteiger partial charge < -0.3 is 27.2 Å². The molecular formula is C24H33FN6O. The summed E-state index contributed by atoms with van der Waals surface area (Å²) in [5.41, 5.74) is 19.6. The smallest absolute Gasteiger partial charge is 0.125 e. The number of aromatic hydroxyl groups is 1. The van der Waals surface area contributed by atoms with Crippen molar-refractivity contribution in [3.8, 4) is 5.75 Å². The maximum Gasteiger partial charge on any atom is 0.125 e. The highest BCUT2D eigenvalue weighted by Crippen LogP contribution is 2.30. The maximum atomic E-state index is 13.6. The first-order chi connectivity index (χ1) is 15.4. The number of aromatic nitrogens is 2. The lowest BCUT2D eigenvalue weighted by atomic mass is 9.92. The lowest BCUT2D eigenvalue weighted by Gasteiger charge is -2.39. The number of nitrogens with zero attached hydrogens (tertiary/aromatic N) is 3. The van der Waals surface area contributed by atoms with Crippen molar-refractivity contribution in [2.75, 3.05) is 13.1 Å². The molecule has 4 rings (SSSR count). The summed E-state index contributed by atoms with van der Waals surface area (Å²) >= 11 is 0. The number of benzene rings is 1. The standard InChI is InChI=1S/C24H33FN6O/c25-17-6-7-23(32)21(12-17)22(26)13-20(24(27)28)16-14-29-31(15-16)19-8-10-30(11-9-19)18-4-2-1-3-5-18/h6-7,12-15,18-19,32H,1-5,8-11,26-28H2/b22-13-. The number of phenolic OH excluding ortho intramolecular Hbond substituents is 1. The van der Waals surface area contributed by atoms with Crippen molar-refractivity contribution >= 4 is 11.3 Å². The van der Waals surface area contributed by atoms with Gasteiger partial charge >= 0.3 is 0 Å². The number of rotatable bonds is 5. The molecule has 1 saturated carbocycles. The summed E-state index contributed by atoms with van der Waals surface area (Å²) in [6.07, 6.45) is 14.1. The summed E-state index contributed by atoms with van der Waals surface area (Å²) < 4.78 is 15.6. The molecule has 1 aliphatic heterocycles. The Kier molecular flexibility index (Phi) is 6.69. The summed E-state index contributed by atoms with van der Waals surface area (Å²) in [7, 11) is 0. The number of nitrogens with two attached hydrogens (primary N) is 3. The van der Waals surface area contributed by atoms with Crippen LogP contribution in [-0.2, 0) is 0 Å². The average Bonchev–Trinajstić information content (AvgIpc) is 3.29. The number of halogens is 1. The van der Waals surface area contributed by atoms with Gasteiger partial charge in [0.1, 0.15) is 17.4 Å². The van der Waals surface area contributed by atoms with Crippen LogP contribution in [0.15, 0.2) is 42.5 Å². The van der Waals surface area contributed by atoms with Crippen molar-refractivity contribution in [1.82, 2.24) is 14.7 Å². The van der Waals surface area contributed by atoms with Gasteiger partial charge in [-0.2, -0.15) is 5.10 Å². The summed E-state index contributed by atoms with van der Waals surface area (Å²) in [4.78, 5) is 2.65. The van der Waals surface area contributed by atoms with Gasteiger partial charge in [0, 0.05) is 47.7 Å². The van der Waals surface area contributed by atoms with Crippen LogP contribution in [0.3, 0.4) is 0 Å². The minimum atomic E-state index is -0.493. The van der Waals surface area contributed by atoms with Gasteiger partial charge in [0.05, 0.1) is 12.2 Å². The van der Waals surface area contributed by atoms with Gasteiger partial charge in [0.2, 0.25) is 0 Å². The van der Waals surface area contributed by atoms with E-state index in [1.165, 1.54) is 50.3 Å². The fourth-order valence-electron chi connectivity index (χ4n) is 4.94. The van der Waals surface area contributed by atoms with Gasteiger partial charge in [0.15, 0.2) is 0 Å². The Bertz CT molecular complexity index is 996. The quantitative estimate of drug-likeness (QED) is 0.530. The van der Waals surface area contributed by atoms with Crippen LogP contribution >= 0.6 is 0 Å². The van der Waals surface area contributed by atoms with E-state index in [-0.39, 0.29) is 22.8 Å². The number of allylic oxidation sites excluding steroid dienone is 2. The van der Waals surface area contributed by atoms with E-state index in [0.29, 0.717) is 11.6 Å². The molecule has 0 atom stereocenters. The molecule has 1 aromatic heterocycles. The third-order valence-electron chi connectivity index (χ3n) is 6.76. The molecule has 2 aliphatic rings. The largest absolute Gasteiger partial charge is 0.507 e.